The fraction of sp³-hybridized carbons (Fsp3) is 0.444. The normalized spacial score (nSPS) is 11.4. The molecule has 0 fully saturated rings. The van der Waals surface area contributed by atoms with Crippen molar-refractivity contribution in [1.29, 1.82) is 0 Å². The van der Waals surface area contributed by atoms with E-state index in [1.165, 1.54) is 6.07 Å². The van der Waals surface area contributed by atoms with E-state index in [-0.39, 0.29) is 11.1 Å². The Morgan fingerprint density at radius 2 is 2.07 bits per heavy atom. The van der Waals surface area contributed by atoms with Crippen LogP contribution in [0.1, 0.15) is 26.5 Å². The fourth-order valence-corrected chi connectivity index (χ4v) is 1.46. The molecule has 0 saturated heterocycles. The van der Waals surface area contributed by atoms with Crippen LogP contribution >= 0.6 is 15.9 Å². The summed E-state index contributed by atoms with van der Waals surface area (Å²) in [5, 5.41) is 10.8. The van der Waals surface area contributed by atoms with Crippen LogP contribution in [0.3, 0.4) is 0 Å². The molecule has 4 nitrogen and oxygen atoms in total. The maximum Gasteiger partial charge on any atom is 0.292 e. The molecule has 0 N–H and O–H groups in total. The lowest BCUT2D eigenvalue weighted by molar-refractivity contribution is -0.386. The molecule has 0 aromatic carbocycles. The quantitative estimate of drug-likeness (QED) is 0.575. The van der Waals surface area contributed by atoms with E-state index in [9.17, 15) is 10.1 Å². The van der Waals surface area contributed by atoms with E-state index in [0.717, 1.165) is 0 Å². The molecule has 0 aliphatic heterocycles. The van der Waals surface area contributed by atoms with Crippen LogP contribution in [0.15, 0.2) is 16.7 Å². The van der Waals surface area contributed by atoms with Crippen LogP contribution in [0.25, 0.3) is 0 Å². The number of aromatic nitrogens is 1. The van der Waals surface area contributed by atoms with E-state index in [0.29, 0.717) is 10.2 Å². The second kappa shape index (κ2) is 3.65. The Morgan fingerprint density at radius 1 is 1.50 bits per heavy atom. The predicted octanol–water partition coefficient (Wildman–Crippen LogP) is 3.05. The lowest BCUT2D eigenvalue weighted by atomic mass is 9.90. The molecule has 1 aromatic heterocycles. The Balaban J connectivity index is 3.37. The van der Waals surface area contributed by atoms with Crippen molar-refractivity contribution in [3.8, 4) is 0 Å². The van der Waals surface area contributed by atoms with Crippen molar-refractivity contribution in [1.82, 2.24) is 4.98 Å². The molecule has 1 aromatic rings. The lowest BCUT2D eigenvalue weighted by Crippen LogP contribution is -2.15. The van der Waals surface area contributed by atoms with Gasteiger partial charge in [-0.25, -0.2) is 0 Å². The molecule has 0 spiro atoms. The highest BCUT2D eigenvalue weighted by molar-refractivity contribution is 9.10. The fourth-order valence-electron chi connectivity index (χ4n) is 1.15. The number of halogens is 1. The van der Waals surface area contributed by atoms with Crippen molar-refractivity contribution >= 4 is 21.6 Å². The minimum Gasteiger partial charge on any atom is -0.258 e. The molecule has 1 heterocycles. The second-order valence-corrected chi connectivity index (χ2v) is 4.94. The maximum absolute atomic E-state index is 10.8. The average Bonchev–Trinajstić information content (AvgIpc) is 2.01. The molecule has 1 rings (SSSR count). The van der Waals surface area contributed by atoms with Gasteiger partial charge in [0.2, 0.25) is 0 Å². The van der Waals surface area contributed by atoms with Gasteiger partial charge in [-0.2, -0.15) is 0 Å². The Morgan fingerprint density at radius 3 is 2.50 bits per heavy atom. The molecular weight excluding hydrogens is 248 g/mol. The summed E-state index contributed by atoms with van der Waals surface area (Å²) < 4.78 is 0.622. The van der Waals surface area contributed by atoms with Gasteiger partial charge in [-0.1, -0.05) is 20.8 Å². The summed E-state index contributed by atoms with van der Waals surface area (Å²) >= 11 is 3.16. The highest BCUT2D eigenvalue weighted by atomic mass is 79.9. The lowest BCUT2D eigenvalue weighted by Gasteiger charge is -2.17. The van der Waals surface area contributed by atoms with Crippen LogP contribution in [-0.4, -0.2) is 9.91 Å². The van der Waals surface area contributed by atoms with Crippen molar-refractivity contribution in [3.05, 3.63) is 32.5 Å². The molecule has 0 aliphatic rings. The highest BCUT2D eigenvalue weighted by Gasteiger charge is 2.26. The van der Waals surface area contributed by atoms with Crippen molar-refractivity contribution in [2.75, 3.05) is 0 Å². The first kappa shape index (κ1) is 11.1. The zero-order valence-electron chi connectivity index (χ0n) is 8.24. The number of rotatable bonds is 1. The van der Waals surface area contributed by atoms with Crippen LogP contribution in [-0.2, 0) is 5.41 Å². The first-order chi connectivity index (χ1) is 6.32. The minimum atomic E-state index is -0.404. The van der Waals surface area contributed by atoms with Gasteiger partial charge in [0, 0.05) is 22.2 Å². The van der Waals surface area contributed by atoms with Gasteiger partial charge in [0.15, 0.2) is 0 Å². The smallest absolute Gasteiger partial charge is 0.258 e. The predicted molar refractivity (Wildman–Crippen MR) is 57.3 cm³/mol. The monoisotopic (exact) mass is 258 g/mol. The van der Waals surface area contributed by atoms with Crippen LogP contribution < -0.4 is 0 Å². The van der Waals surface area contributed by atoms with Gasteiger partial charge in [0.25, 0.3) is 5.69 Å². The third kappa shape index (κ3) is 2.29. The van der Waals surface area contributed by atoms with Crippen molar-refractivity contribution < 1.29 is 4.92 Å². The number of nitro groups is 1. The average molecular weight is 259 g/mol. The number of nitrogens with zero attached hydrogens (tertiary/aromatic N) is 2. The van der Waals surface area contributed by atoms with E-state index in [4.69, 9.17) is 0 Å². The summed E-state index contributed by atoms with van der Waals surface area (Å²) in [4.78, 5) is 14.4. The standard InChI is InChI=1S/C9H11BrN2O2/c1-9(2,3)8-7(12(13)14)4-6(10)5-11-8/h4-5H,1-3H3. The summed E-state index contributed by atoms with van der Waals surface area (Å²) in [6.45, 7) is 5.70. The molecule has 0 atom stereocenters. The van der Waals surface area contributed by atoms with Crippen LogP contribution in [0.2, 0.25) is 0 Å². The van der Waals surface area contributed by atoms with E-state index < -0.39 is 4.92 Å². The number of pyridine rings is 1. The molecular formula is C9H11BrN2O2. The largest absolute Gasteiger partial charge is 0.292 e. The number of hydrogen-bond donors (Lipinski definition) is 0. The van der Waals surface area contributed by atoms with Gasteiger partial charge in [0.05, 0.1) is 4.92 Å². The molecule has 0 unspecified atom stereocenters. The van der Waals surface area contributed by atoms with Gasteiger partial charge in [-0.15, -0.1) is 0 Å². The summed E-state index contributed by atoms with van der Waals surface area (Å²) in [7, 11) is 0. The van der Waals surface area contributed by atoms with E-state index in [2.05, 4.69) is 20.9 Å². The topological polar surface area (TPSA) is 56.0 Å². The van der Waals surface area contributed by atoms with Crippen LogP contribution in [0.4, 0.5) is 5.69 Å². The minimum absolute atomic E-state index is 0.0619. The first-order valence-corrected chi connectivity index (χ1v) is 4.92. The van der Waals surface area contributed by atoms with E-state index >= 15 is 0 Å². The van der Waals surface area contributed by atoms with E-state index in [1.807, 2.05) is 20.8 Å². The Labute approximate surface area is 90.6 Å². The Kier molecular flexibility index (Phi) is 2.89. The van der Waals surface area contributed by atoms with Gasteiger partial charge in [-0.05, 0) is 15.9 Å². The maximum atomic E-state index is 10.8. The molecule has 76 valence electrons. The second-order valence-electron chi connectivity index (χ2n) is 4.03. The first-order valence-electron chi connectivity index (χ1n) is 4.13. The Bertz CT molecular complexity index is 372. The van der Waals surface area contributed by atoms with Gasteiger partial charge < -0.3 is 0 Å². The summed E-state index contributed by atoms with van der Waals surface area (Å²) in [6.07, 6.45) is 1.58. The third-order valence-corrected chi connectivity index (χ3v) is 2.17. The van der Waals surface area contributed by atoms with E-state index in [1.54, 1.807) is 6.20 Å². The molecule has 0 amide bonds. The number of hydrogen-bond acceptors (Lipinski definition) is 3. The van der Waals surface area contributed by atoms with Crippen LogP contribution in [0, 0.1) is 10.1 Å². The molecule has 5 heteroatoms. The molecule has 0 saturated carbocycles. The zero-order chi connectivity index (χ0) is 10.9. The highest BCUT2D eigenvalue weighted by Crippen LogP contribution is 2.30. The third-order valence-electron chi connectivity index (χ3n) is 1.74. The molecule has 14 heavy (non-hydrogen) atoms. The molecule has 0 radical (unpaired) electrons. The van der Waals surface area contributed by atoms with Crippen molar-refractivity contribution in [2.24, 2.45) is 0 Å². The summed E-state index contributed by atoms with van der Waals surface area (Å²) in [6, 6.07) is 1.48. The van der Waals surface area contributed by atoms with Crippen molar-refractivity contribution in [3.63, 3.8) is 0 Å². The van der Waals surface area contributed by atoms with Gasteiger partial charge in [-0.3, -0.25) is 15.1 Å². The summed E-state index contributed by atoms with van der Waals surface area (Å²) in [5.41, 5.74) is 0.251. The molecule has 0 bridgehead atoms. The Hall–Kier alpha value is -0.970. The zero-order valence-corrected chi connectivity index (χ0v) is 9.83. The molecule has 0 aliphatic carbocycles. The van der Waals surface area contributed by atoms with Crippen molar-refractivity contribution in [2.45, 2.75) is 26.2 Å². The van der Waals surface area contributed by atoms with Gasteiger partial charge >= 0.3 is 0 Å². The van der Waals surface area contributed by atoms with Crippen LogP contribution in [0.5, 0.6) is 0 Å². The summed E-state index contributed by atoms with van der Waals surface area (Å²) in [5.74, 6) is 0. The SMILES string of the molecule is CC(C)(C)c1ncc(Br)cc1[N+](=O)[O-]. The van der Waals surface area contributed by atoms with Gasteiger partial charge in [0.1, 0.15) is 5.69 Å².